The molecule has 8 heteroatoms. The standard InChI is InChI=1S/C25H31N5O3/c1-16(2)22-28-24(33-29-22)19-13-20-21(14-19)30(12-6-4-3-5-11-27-23(20)31)25(32)18-9-7-17(15-26)8-10-18/h7-10,16,19-21H,3-6,11-14H2,1-2H3,(H,27,31)/t19-,20-,21+/m1/s1. The molecule has 1 aromatic heterocycles. The first kappa shape index (κ1) is 23.0. The molecule has 4 rings (SSSR count). The number of hydrogen-bond donors (Lipinski definition) is 1. The van der Waals surface area contributed by atoms with Gasteiger partial charge in [-0.25, -0.2) is 0 Å². The number of fused-ring (bicyclic) bond motifs is 1. The van der Waals surface area contributed by atoms with E-state index < -0.39 is 0 Å². The quantitative estimate of drug-likeness (QED) is 0.763. The number of carbonyl (C=O) groups excluding carboxylic acids is 2. The largest absolute Gasteiger partial charge is 0.356 e. The van der Waals surface area contributed by atoms with Gasteiger partial charge in [0, 0.05) is 36.5 Å². The van der Waals surface area contributed by atoms with Crippen LogP contribution in [0.3, 0.4) is 0 Å². The first-order valence-electron chi connectivity index (χ1n) is 11.9. The van der Waals surface area contributed by atoms with Gasteiger partial charge < -0.3 is 14.7 Å². The molecule has 1 saturated heterocycles. The van der Waals surface area contributed by atoms with Crippen LogP contribution in [0.4, 0.5) is 0 Å². The van der Waals surface area contributed by atoms with E-state index in [0.29, 0.717) is 48.8 Å². The van der Waals surface area contributed by atoms with Crippen LogP contribution < -0.4 is 5.32 Å². The van der Waals surface area contributed by atoms with E-state index in [-0.39, 0.29) is 35.6 Å². The number of nitrogens with one attached hydrogen (secondary N) is 1. The van der Waals surface area contributed by atoms with Gasteiger partial charge in [-0.15, -0.1) is 0 Å². The maximum atomic E-state index is 13.6. The number of hydrogen-bond acceptors (Lipinski definition) is 6. The molecule has 3 atom stereocenters. The maximum Gasteiger partial charge on any atom is 0.254 e. The van der Waals surface area contributed by atoms with Gasteiger partial charge in [-0.3, -0.25) is 9.59 Å². The van der Waals surface area contributed by atoms with E-state index in [4.69, 9.17) is 9.78 Å². The smallest absolute Gasteiger partial charge is 0.254 e. The van der Waals surface area contributed by atoms with Crippen LogP contribution >= 0.6 is 0 Å². The molecule has 0 bridgehead atoms. The summed E-state index contributed by atoms with van der Waals surface area (Å²) in [6.45, 7) is 5.28. The summed E-state index contributed by atoms with van der Waals surface area (Å²) in [4.78, 5) is 33.2. The first-order valence-corrected chi connectivity index (χ1v) is 11.9. The average Bonchev–Trinajstić information content (AvgIpc) is 3.47. The molecule has 2 amide bonds. The van der Waals surface area contributed by atoms with E-state index in [1.54, 1.807) is 24.3 Å². The number of amides is 2. The second-order valence-electron chi connectivity index (χ2n) is 9.38. The third kappa shape index (κ3) is 5.08. The Morgan fingerprint density at radius 2 is 1.94 bits per heavy atom. The lowest BCUT2D eigenvalue weighted by Crippen LogP contribution is -2.47. The molecule has 1 aromatic carbocycles. The molecule has 174 valence electrons. The summed E-state index contributed by atoms with van der Waals surface area (Å²) in [5.74, 6) is 0.869. The lowest BCUT2D eigenvalue weighted by atomic mass is 9.99. The molecule has 0 unspecified atom stereocenters. The Morgan fingerprint density at radius 3 is 2.64 bits per heavy atom. The SMILES string of the molecule is CC(C)c1noc([C@@H]2C[C@H]3C(=O)NCCCCCCN(C(=O)c4ccc(C#N)cc4)[C@H]3C2)n1. The highest BCUT2D eigenvalue weighted by atomic mass is 16.5. The molecule has 1 aliphatic carbocycles. The van der Waals surface area contributed by atoms with Crippen molar-refractivity contribution >= 4 is 11.8 Å². The third-order valence-corrected chi connectivity index (χ3v) is 6.74. The number of rotatable bonds is 3. The van der Waals surface area contributed by atoms with Crippen molar-refractivity contribution in [3.8, 4) is 6.07 Å². The zero-order valence-corrected chi connectivity index (χ0v) is 19.3. The van der Waals surface area contributed by atoms with Gasteiger partial charge in [-0.1, -0.05) is 31.8 Å². The molecule has 2 aromatic rings. The van der Waals surface area contributed by atoms with Crippen LogP contribution in [0, 0.1) is 17.2 Å². The van der Waals surface area contributed by atoms with Gasteiger partial charge in [0.15, 0.2) is 5.82 Å². The summed E-state index contributed by atoms with van der Waals surface area (Å²) in [6.07, 6.45) is 5.05. The summed E-state index contributed by atoms with van der Waals surface area (Å²) in [5.41, 5.74) is 1.05. The van der Waals surface area contributed by atoms with Crippen molar-refractivity contribution in [2.45, 2.75) is 70.3 Å². The van der Waals surface area contributed by atoms with Crippen molar-refractivity contribution in [1.82, 2.24) is 20.4 Å². The number of benzene rings is 1. The van der Waals surface area contributed by atoms with Gasteiger partial charge >= 0.3 is 0 Å². The molecule has 0 radical (unpaired) electrons. The molecule has 2 aliphatic rings. The average molecular weight is 450 g/mol. The molecule has 1 aliphatic heterocycles. The molecular weight excluding hydrogens is 418 g/mol. The van der Waals surface area contributed by atoms with E-state index in [1.165, 1.54) is 0 Å². The van der Waals surface area contributed by atoms with Crippen molar-refractivity contribution in [2.24, 2.45) is 5.92 Å². The van der Waals surface area contributed by atoms with Crippen molar-refractivity contribution in [2.75, 3.05) is 13.1 Å². The number of carbonyl (C=O) groups is 2. The minimum absolute atomic E-state index is 0.00868. The van der Waals surface area contributed by atoms with Gasteiger partial charge in [0.25, 0.3) is 5.91 Å². The molecule has 1 saturated carbocycles. The maximum absolute atomic E-state index is 13.6. The van der Waals surface area contributed by atoms with Crippen LogP contribution in [0.1, 0.15) is 91.8 Å². The molecule has 0 spiro atoms. The lowest BCUT2D eigenvalue weighted by molar-refractivity contribution is -0.126. The monoisotopic (exact) mass is 449 g/mol. The second kappa shape index (κ2) is 10.2. The molecule has 8 nitrogen and oxygen atoms in total. The summed E-state index contributed by atoms with van der Waals surface area (Å²) in [7, 11) is 0. The highest BCUT2D eigenvalue weighted by Crippen LogP contribution is 2.41. The fourth-order valence-electron chi connectivity index (χ4n) is 4.87. The third-order valence-electron chi connectivity index (χ3n) is 6.74. The number of aromatic nitrogens is 2. The topological polar surface area (TPSA) is 112 Å². The van der Waals surface area contributed by atoms with E-state index in [0.717, 1.165) is 25.7 Å². The Labute approximate surface area is 194 Å². The minimum atomic E-state index is -0.329. The normalized spacial score (nSPS) is 24.0. The van der Waals surface area contributed by atoms with Crippen molar-refractivity contribution in [3.05, 3.63) is 47.1 Å². The van der Waals surface area contributed by atoms with Crippen LogP contribution in [-0.2, 0) is 4.79 Å². The highest BCUT2D eigenvalue weighted by Gasteiger charge is 2.45. The van der Waals surface area contributed by atoms with Crippen LogP contribution in [0.15, 0.2) is 28.8 Å². The van der Waals surface area contributed by atoms with E-state index in [9.17, 15) is 9.59 Å². The molecule has 2 heterocycles. The van der Waals surface area contributed by atoms with E-state index in [1.807, 2.05) is 18.7 Å². The Morgan fingerprint density at radius 1 is 1.18 bits per heavy atom. The van der Waals surface area contributed by atoms with Crippen LogP contribution in [0.5, 0.6) is 0 Å². The fourth-order valence-corrected chi connectivity index (χ4v) is 4.87. The second-order valence-corrected chi connectivity index (χ2v) is 9.38. The Bertz CT molecular complexity index is 1020. The lowest BCUT2D eigenvalue weighted by Gasteiger charge is -2.32. The summed E-state index contributed by atoms with van der Waals surface area (Å²) in [6, 6.07) is 8.55. The molecule has 1 N–H and O–H groups in total. The Kier molecular flexibility index (Phi) is 7.07. The van der Waals surface area contributed by atoms with Crippen molar-refractivity contribution in [3.63, 3.8) is 0 Å². The van der Waals surface area contributed by atoms with Crippen LogP contribution in [0.2, 0.25) is 0 Å². The summed E-state index contributed by atoms with van der Waals surface area (Å²) in [5, 5.41) is 16.3. The first-order chi connectivity index (χ1) is 16.0. The van der Waals surface area contributed by atoms with Gasteiger partial charge in [-0.05, 0) is 49.9 Å². The van der Waals surface area contributed by atoms with E-state index >= 15 is 0 Å². The van der Waals surface area contributed by atoms with Gasteiger partial charge in [-0.2, -0.15) is 10.2 Å². The minimum Gasteiger partial charge on any atom is -0.356 e. The molecule has 33 heavy (non-hydrogen) atoms. The molecular formula is C25H31N5O3. The van der Waals surface area contributed by atoms with Gasteiger partial charge in [0.2, 0.25) is 11.8 Å². The van der Waals surface area contributed by atoms with Gasteiger partial charge in [0.05, 0.1) is 17.6 Å². The predicted molar refractivity (Wildman–Crippen MR) is 121 cm³/mol. The molecule has 2 fully saturated rings. The summed E-state index contributed by atoms with van der Waals surface area (Å²) < 4.78 is 5.56. The highest BCUT2D eigenvalue weighted by molar-refractivity contribution is 5.95. The van der Waals surface area contributed by atoms with Crippen molar-refractivity contribution in [1.29, 1.82) is 5.26 Å². The Balaban J connectivity index is 1.64. The van der Waals surface area contributed by atoms with Crippen LogP contribution in [-0.4, -0.2) is 46.0 Å². The van der Waals surface area contributed by atoms with Crippen molar-refractivity contribution < 1.29 is 14.1 Å². The Hall–Kier alpha value is -3.21. The zero-order chi connectivity index (χ0) is 23.4. The van der Waals surface area contributed by atoms with Gasteiger partial charge in [0.1, 0.15) is 0 Å². The predicted octanol–water partition coefficient (Wildman–Crippen LogP) is 3.76. The fraction of sp³-hybridized carbons (Fsp3) is 0.560. The number of nitriles is 1. The van der Waals surface area contributed by atoms with Crippen LogP contribution in [0.25, 0.3) is 0 Å². The zero-order valence-electron chi connectivity index (χ0n) is 19.3. The van der Waals surface area contributed by atoms with E-state index in [2.05, 4.69) is 21.5 Å². The summed E-state index contributed by atoms with van der Waals surface area (Å²) >= 11 is 0. The number of nitrogens with zero attached hydrogens (tertiary/aromatic N) is 4.